The molecular weight excluding hydrogens is 560 g/mol. The highest BCUT2D eigenvalue weighted by Crippen LogP contribution is 2.35. The molecule has 3 aromatic carbocycles. The molecular formula is C31H33BrN2O5. The van der Waals surface area contributed by atoms with E-state index in [0.717, 1.165) is 41.5 Å². The van der Waals surface area contributed by atoms with E-state index in [4.69, 9.17) is 4.74 Å². The number of halogens is 1. The van der Waals surface area contributed by atoms with Crippen molar-refractivity contribution in [1.82, 2.24) is 0 Å². The molecule has 3 aromatic rings. The Balaban J connectivity index is 1.70. The fourth-order valence-corrected chi connectivity index (χ4v) is 5.55. The first-order valence-electron chi connectivity index (χ1n) is 13.3. The molecule has 0 radical (unpaired) electrons. The first-order valence-corrected chi connectivity index (χ1v) is 14.1. The van der Waals surface area contributed by atoms with Gasteiger partial charge < -0.3 is 4.74 Å². The summed E-state index contributed by atoms with van der Waals surface area (Å²) < 4.78 is 6.18. The van der Waals surface area contributed by atoms with E-state index in [9.17, 15) is 19.7 Å². The van der Waals surface area contributed by atoms with Crippen LogP contribution >= 0.6 is 15.9 Å². The quantitative estimate of drug-likeness (QED) is 0.169. The maximum Gasteiger partial charge on any atom is 0.269 e. The Bertz CT molecular complexity index is 1290. The molecule has 1 unspecified atom stereocenters. The van der Waals surface area contributed by atoms with E-state index >= 15 is 0 Å². The highest BCUT2D eigenvalue weighted by Gasteiger charge is 2.34. The zero-order valence-electron chi connectivity index (χ0n) is 22.1. The minimum Gasteiger partial charge on any atom is -0.497 e. The van der Waals surface area contributed by atoms with Crippen molar-refractivity contribution in [2.75, 3.05) is 12.0 Å². The summed E-state index contributed by atoms with van der Waals surface area (Å²) in [4.78, 5) is 40.4. The average molecular weight is 594 g/mol. The highest BCUT2D eigenvalue weighted by atomic mass is 79.9. The minimum atomic E-state index is -0.883. The number of hydrogen-bond acceptors (Lipinski definition) is 5. The Morgan fingerprint density at radius 3 is 2.36 bits per heavy atom. The lowest BCUT2D eigenvalue weighted by Crippen LogP contribution is -2.40. The van der Waals surface area contributed by atoms with Gasteiger partial charge in [0.25, 0.3) is 5.69 Å². The van der Waals surface area contributed by atoms with Crippen LogP contribution in [0.3, 0.4) is 0 Å². The van der Waals surface area contributed by atoms with Crippen molar-refractivity contribution >= 4 is 39.0 Å². The molecule has 0 saturated heterocycles. The van der Waals surface area contributed by atoms with Crippen LogP contribution in [0.1, 0.15) is 62.1 Å². The van der Waals surface area contributed by atoms with Gasteiger partial charge in [0.05, 0.1) is 12.0 Å². The maximum atomic E-state index is 14.0. The van der Waals surface area contributed by atoms with Gasteiger partial charge in [-0.25, -0.2) is 0 Å². The monoisotopic (exact) mass is 592 g/mol. The molecule has 0 aliphatic heterocycles. The Morgan fingerprint density at radius 2 is 1.72 bits per heavy atom. The standard InChI is InChI=1S/C31H33BrN2O5/c1-39-28-9-5-8-23(20-28)10-19-30(36)33(26-17-13-25(32)14-18-26)31(24-11-15-27(16-12-24)34(37)38)29(35)21-22-6-3-2-4-7-22/h5,8-9,11-18,20,22,31H,2-4,6-7,10,19,21H2,1H3. The maximum absolute atomic E-state index is 14.0. The molecule has 1 amide bonds. The summed E-state index contributed by atoms with van der Waals surface area (Å²) in [6.07, 6.45) is 6.44. The fraction of sp³-hybridized carbons (Fsp3) is 0.355. The number of benzene rings is 3. The minimum absolute atomic E-state index is 0.0478. The van der Waals surface area contributed by atoms with Crippen LogP contribution in [0.25, 0.3) is 0 Å². The number of nitrogens with zero attached hydrogens (tertiary/aromatic N) is 2. The number of ketones is 1. The van der Waals surface area contributed by atoms with Crippen molar-refractivity contribution in [3.8, 4) is 5.75 Å². The normalized spacial score (nSPS) is 14.4. The Labute approximate surface area is 237 Å². The van der Waals surface area contributed by atoms with Crippen LogP contribution in [0, 0.1) is 16.0 Å². The molecule has 0 N–H and O–H groups in total. The van der Waals surface area contributed by atoms with Gasteiger partial charge in [-0.2, -0.15) is 0 Å². The number of methoxy groups -OCH3 is 1. The molecule has 7 nitrogen and oxygen atoms in total. The number of anilines is 1. The summed E-state index contributed by atoms with van der Waals surface area (Å²) in [6.45, 7) is 0. The topological polar surface area (TPSA) is 89.8 Å². The number of carbonyl (C=O) groups excluding carboxylic acids is 2. The number of rotatable bonds is 11. The van der Waals surface area contributed by atoms with Crippen LogP contribution in [0.2, 0.25) is 0 Å². The second-order valence-electron chi connectivity index (χ2n) is 10.0. The lowest BCUT2D eigenvalue weighted by molar-refractivity contribution is -0.384. The van der Waals surface area contributed by atoms with Gasteiger partial charge >= 0.3 is 0 Å². The van der Waals surface area contributed by atoms with E-state index in [1.807, 2.05) is 48.5 Å². The van der Waals surface area contributed by atoms with Crippen molar-refractivity contribution in [2.24, 2.45) is 5.92 Å². The number of ether oxygens (including phenoxy) is 1. The largest absolute Gasteiger partial charge is 0.497 e. The number of nitro benzene ring substituents is 1. The SMILES string of the molecule is COc1cccc(CCC(=O)N(c2ccc(Br)cc2)C(C(=O)CC2CCCCC2)c2ccc([N+](=O)[O-])cc2)c1. The summed E-state index contributed by atoms with van der Waals surface area (Å²) in [7, 11) is 1.60. The lowest BCUT2D eigenvalue weighted by Gasteiger charge is -2.33. The molecule has 204 valence electrons. The van der Waals surface area contributed by atoms with Crippen LogP contribution in [0.15, 0.2) is 77.3 Å². The predicted molar refractivity (Wildman–Crippen MR) is 155 cm³/mol. The third kappa shape index (κ3) is 7.53. The number of Topliss-reactive ketones (excluding diaryl/α,β-unsaturated/α-hetero) is 1. The molecule has 0 spiro atoms. The first kappa shape index (κ1) is 28.5. The smallest absolute Gasteiger partial charge is 0.269 e. The summed E-state index contributed by atoms with van der Waals surface area (Å²) >= 11 is 3.46. The van der Waals surface area contributed by atoms with Gasteiger partial charge in [0, 0.05) is 35.1 Å². The molecule has 0 heterocycles. The van der Waals surface area contributed by atoms with Gasteiger partial charge in [-0.3, -0.25) is 24.6 Å². The highest BCUT2D eigenvalue weighted by molar-refractivity contribution is 9.10. The fourth-order valence-electron chi connectivity index (χ4n) is 5.28. The van der Waals surface area contributed by atoms with Crippen molar-refractivity contribution < 1.29 is 19.2 Å². The first-order chi connectivity index (χ1) is 18.9. The average Bonchev–Trinajstić information content (AvgIpc) is 2.96. The summed E-state index contributed by atoms with van der Waals surface area (Å²) in [5, 5.41) is 11.3. The Morgan fingerprint density at radius 1 is 1.03 bits per heavy atom. The van der Waals surface area contributed by atoms with Gasteiger partial charge in [0.2, 0.25) is 5.91 Å². The van der Waals surface area contributed by atoms with Crippen LogP contribution in [0.5, 0.6) is 5.75 Å². The zero-order valence-corrected chi connectivity index (χ0v) is 23.6. The van der Waals surface area contributed by atoms with Gasteiger partial charge in [0.15, 0.2) is 5.78 Å². The van der Waals surface area contributed by atoms with Crippen molar-refractivity contribution in [2.45, 2.75) is 57.4 Å². The molecule has 8 heteroatoms. The molecule has 0 aromatic heterocycles. The van der Waals surface area contributed by atoms with Crippen LogP contribution in [0.4, 0.5) is 11.4 Å². The van der Waals surface area contributed by atoms with E-state index in [1.54, 1.807) is 24.1 Å². The number of non-ortho nitro benzene ring substituents is 1. The van der Waals surface area contributed by atoms with E-state index < -0.39 is 11.0 Å². The van der Waals surface area contributed by atoms with Crippen molar-refractivity contribution in [1.29, 1.82) is 0 Å². The molecule has 39 heavy (non-hydrogen) atoms. The summed E-state index contributed by atoms with van der Waals surface area (Å²) in [5.41, 5.74) is 2.07. The van der Waals surface area contributed by atoms with E-state index in [2.05, 4.69) is 15.9 Å². The van der Waals surface area contributed by atoms with E-state index in [0.29, 0.717) is 24.1 Å². The number of carbonyl (C=O) groups is 2. The number of amides is 1. The van der Waals surface area contributed by atoms with Gasteiger partial charge in [-0.1, -0.05) is 60.2 Å². The van der Waals surface area contributed by atoms with Crippen LogP contribution in [-0.2, 0) is 16.0 Å². The Hall–Kier alpha value is -3.52. The summed E-state index contributed by atoms with van der Waals surface area (Å²) in [5.74, 6) is 0.760. The second-order valence-corrected chi connectivity index (χ2v) is 10.9. The molecule has 1 saturated carbocycles. The number of aryl methyl sites for hydroxylation is 1. The predicted octanol–water partition coefficient (Wildman–Crippen LogP) is 7.61. The van der Waals surface area contributed by atoms with Gasteiger partial charge in [0.1, 0.15) is 11.8 Å². The third-order valence-electron chi connectivity index (χ3n) is 7.33. The molecule has 1 atom stereocenters. The zero-order chi connectivity index (χ0) is 27.8. The summed E-state index contributed by atoms with van der Waals surface area (Å²) in [6, 6.07) is 20.0. The van der Waals surface area contributed by atoms with Gasteiger partial charge in [-0.05, 0) is 72.0 Å². The van der Waals surface area contributed by atoms with E-state index in [-0.39, 0.29) is 29.7 Å². The van der Waals surface area contributed by atoms with Crippen LogP contribution < -0.4 is 9.64 Å². The second kappa shape index (κ2) is 13.5. The lowest BCUT2D eigenvalue weighted by atomic mass is 9.83. The molecule has 1 fully saturated rings. The van der Waals surface area contributed by atoms with Crippen molar-refractivity contribution in [3.63, 3.8) is 0 Å². The third-order valence-corrected chi connectivity index (χ3v) is 7.86. The number of hydrogen-bond donors (Lipinski definition) is 0. The van der Waals surface area contributed by atoms with E-state index in [1.165, 1.54) is 18.6 Å². The molecule has 1 aliphatic carbocycles. The van der Waals surface area contributed by atoms with Crippen LogP contribution in [-0.4, -0.2) is 23.7 Å². The molecule has 1 aliphatic rings. The molecule has 0 bridgehead atoms. The van der Waals surface area contributed by atoms with Gasteiger partial charge in [-0.15, -0.1) is 0 Å². The number of nitro groups is 1. The molecule has 4 rings (SSSR count). The van der Waals surface area contributed by atoms with Crippen molar-refractivity contribution in [3.05, 3.63) is 98.5 Å². The Kier molecular flexibility index (Phi) is 9.87.